The summed E-state index contributed by atoms with van der Waals surface area (Å²) < 4.78 is 0. The summed E-state index contributed by atoms with van der Waals surface area (Å²) in [7, 11) is 0. The third kappa shape index (κ3) is 22.0. The van der Waals surface area contributed by atoms with E-state index in [0.717, 1.165) is 11.1 Å². The second-order valence-electron chi connectivity index (χ2n) is 29.9. The van der Waals surface area contributed by atoms with Crippen molar-refractivity contribution in [2.45, 2.75) is 210 Å². The van der Waals surface area contributed by atoms with E-state index in [4.69, 9.17) is 5.73 Å². The number of primary amides is 1. The third-order valence-electron chi connectivity index (χ3n) is 19.8. The summed E-state index contributed by atoms with van der Waals surface area (Å²) in [6, 6.07) is 9.13. The normalized spacial score (nSPS) is 26.7. The summed E-state index contributed by atoms with van der Waals surface area (Å²) in [6.07, 6.45) is 1.49. The molecule has 110 heavy (non-hydrogen) atoms. The highest BCUT2D eigenvalue weighted by atomic mass is 32.2. The van der Waals surface area contributed by atoms with E-state index in [1.54, 1.807) is 96.4 Å². The van der Waals surface area contributed by atoms with Crippen LogP contribution in [0.3, 0.4) is 0 Å². The van der Waals surface area contributed by atoms with E-state index >= 15 is 9.59 Å². The van der Waals surface area contributed by atoms with Gasteiger partial charge in [-0.15, -0.1) is 0 Å². The Hall–Kier alpha value is -10.3. The Morgan fingerprint density at radius 3 is 1.81 bits per heavy atom. The number of amides is 12. The van der Waals surface area contributed by atoms with E-state index in [-0.39, 0.29) is 68.1 Å². The number of aromatic nitrogens is 2. The Morgan fingerprint density at radius 2 is 1.24 bits per heavy atom. The van der Waals surface area contributed by atoms with Crippen molar-refractivity contribution < 1.29 is 78.0 Å². The average Bonchev–Trinajstić information content (AvgIpc) is 1.07. The maximum absolute atomic E-state index is 15.2. The Bertz CT molecular complexity index is 4230. The number of carbonyl (C=O) groups excluding carboxylic acids is 12. The maximum atomic E-state index is 15.2. The fourth-order valence-electron chi connectivity index (χ4n) is 13.1. The topological polar surface area (TPSA) is 476 Å². The Kier molecular flexibility index (Phi) is 29.1. The lowest BCUT2D eigenvalue weighted by molar-refractivity contribution is -0.143. The minimum atomic E-state index is -1.81. The number of nitrogens with two attached hydrogens (primary N) is 1. The number of nitrogens with one attached hydrogen (secondary N) is 12. The van der Waals surface area contributed by atoms with Gasteiger partial charge >= 0.3 is 0 Å². The number of benzene rings is 3. The summed E-state index contributed by atoms with van der Waals surface area (Å²) >= 11 is 2.57. The van der Waals surface area contributed by atoms with Crippen LogP contribution in [0.5, 0.6) is 11.5 Å². The van der Waals surface area contributed by atoms with Crippen molar-refractivity contribution >= 4 is 105 Å². The van der Waals surface area contributed by atoms with Crippen LogP contribution in [-0.4, -0.2) is 208 Å². The number of H-pyrrole nitrogens is 1. The van der Waals surface area contributed by atoms with E-state index < -0.39 is 166 Å². The molecular weight excluding hydrogens is 1460 g/mol. The molecule has 0 saturated carbocycles. The van der Waals surface area contributed by atoms with Gasteiger partial charge in [-0.2, -0.15) is 23.5 Å². The number of phenols is 2. The first-order valence-electron chi connectivity index (χ1n) is 36.6. The summed E-state index contributed by atoms with van der Waals surface area (Å²) in [6.45, 7) is 16.7. The number of hydrogen-bond donors (Lipinski definition) is 17. The molecule has 4 aliphatic heterocycles. The minimum Gasteiger partial charge on any atom is -0.508 e. The zero-order valence-electron chi connectivity index (χ0n) is 63.6. The van der Waals surface area contributed by atoms with Crippen molar-refractivity contribution in [3.63, 3.8) is 0 Å². The van der Waals surface area contributed by atoms with E-state index in [1.807, 2.05) is 24.3 Å². The van der Waals surface area contributed by atoms with E-state index in [0.29, 0.717) is 44.9 Å². The lowest BCUT2D eigenvalue weighted by Crippen LogP contribution is -2.70. The molecule has 594 valence electrons. The van der Waals surface area contributed by atoms with Gasteiger partial charge < -0.3 is 94.5 Å². The van der Waals surface area contributed by atoms with E-state index in [9.17, 15) is 68.4 Å². The molecule has 0 radical (unpaired) electrons. The van der Waals surface area contributed by atoms with Crippen LogP contribution in [0, 0.1) is 11.3 Å². The first-order chi connectivity index (χ1) is 51.9. The molecule has 14 atom stereocenters. The lowest BCUT2D eigenvalue weighted by atomic mass is 9.77. The molecule has 1 saturated heterocycles. The molecule has 1 fully saturated rings. The van der Waals surface area contributed by atoms with Crippen molar-refractivity contribution in [1.29, 1.82) is 0 Å². The molecular formula is C77H103N15O16S2. The zero-order chi connectivity index (χ0) is 80.7. The second-order valence-corrected chi connectivity index (χ2v) is 32.0. The molecule has 12 amide bonds. The monoisotopic (exact) mass is 1560 g/mol. The Balaban J connectivity index is 1.12. The summed E-state index contributed by atoms with van der Waals surface area (Å²) in [5.41, 5.74) is 5.46. The zero-order valence-corrected chi connectivity index (χ0v) is 65.2. The van der Waals surface area contributed by atoms with Crippen LogP contribution in [0.4, 0.5) is 0 Å². The molecule has 5 aromatic rings. The van der Waals surface area contributed by atoms with E-state index in [1.165, 1.54) is 87.3 Å². The van der Waals surface area contributed by atoms with Gasteiger partial charge in [-0.1, -0.05) is 90.1 Å². The number of aliphatic hydroxyl groups excluding tert-OH is 2. The predicted molar refractivity (Wildman–Crippen MR) is 413 cm³/mol. The third-order valence-corrected chi connectivity index (χ3v) is 22.1. The quantitative estimate of drug-likeness (QED) is 0.0776. The number of fused-ring (bicyclic) bond motifs is 33. The highest BCUT2D eigenvalue weighted by Crippen LogP contribution is 2.33. The van der Waals surface area contributed by atoms with Gasteiger partial charge in [-0.05, 0) is 135 Å². The fourth-order valence-corrected chi connectivity index (χ4v) is 15.1. The predicted octanol–water partition coefficient (Wildman–Crippen LogP) is 1.04. The number of pyridine rings is 1. The number of aromatic hydroxyl groups is 2. The largest absolute Gasteiger partial charge is 0.508 e. The molecule has 1 unspecified atom stereocenters. The lowest BCUT2D eigenvalue weighted by Gasteiger charge is -2.46. The van der Waals surface area contributed by atoms with Crippen LogP contribution in [0.15, 0.2) is 109 Å². The molecule has 2 aromatic heterocycles. The standard InChI is InChI=1S/C77H103N15O16S2/c1-12-76(11)73(107)81-41(4)65(99)83-53(31-45-20-24-50(96)25-21-45)56-34-77(90-56,40(2)3)74(108)88-61(43(6)94)70(104)86-57(63(78)98)38-109-36-47-16-13-17-48(30-47)37-110-39-58(82-44(7)95)66(100)89-62(75(8,9)10)71(105)85-55(32-46-22-26-51(97)27-23-46)72(106)92-29-15-19-59(92)68(102)87-60(42(5)93)69(103)84-54(67(101)91-76)33-49-35-80-64-52(49)18-14-28-79-64/h13-14,16-18,20-28,30,34-35,40-43,53-55,57-62,90,93-94,96-97H,12,15,19,29,31-33,36-39H2,1-11H3,(H2,78,98)(H,79,80)(H,81,107)(H,82,95)(H,83,99)(H,84,103)(H,85,105)(H,86,104)(H,87,102)(H,88,108)(H,89,100)(H,91,101)/t41-,42+,43+,53-,54-,55-,57+,58-,59-,60-,61-,62?,76-,77-/m0/s1. The fraction of sp³-hybridized carbons (Fsp3) is 0.494. The maximum Gasteiger partial charge on any atom is 0.250 e. The van der Waals surface area contributed by atoms with Crippen LogP contribution < -0.4 is 64.2 Å². The van der Waals surface area contributed by atoms with Gasteiger partial charge in [0.15, 0.2) is 0 Å². The molecule has 31 nitrogen and oxygen atoms in total. The van der Waals surface area contributed by atoms with Gasteiger partial charge in [0.1, 0.15) is 82.6 Å². The van der Waals surface area contributed by atoms with Crippen molar-refractivity contribution in [3.05, 3.63) is 137 Å². The number of carbonyl (C=O) groups is 12. The smallest absolute Gasteiger partial charge is 0.250 e. The van der Waals surface area contributed by atoms with Crippen molar-refractivity contribution in [3.8, 4) is 11.5 Å². The van der Waals surface area contributed by atoms with Crippen LogP contribution in [-0.2, 0) is 88.3 Å². The number of aliphatic hydroxyl groups is 2. The molecule has 0 spiro atoms. The molecule has 33 heteroatoms. The number of aromatic amines is 1. The van der Waals surface area contributed by atoms with Crippen LogP contribution in [0.2, 0.25) is 0 Å². The van der Waals surface area contributed by atoms with Crippen molar-refractivity contribution in [1.82, 2.24) is 73.4 Å². The van der Waals surface area contributed by atoms with Crippen LogP contribution in [0.25, 0.3) is 11.0 Å². The van der Waals surface area contributed by atoms with Gasteiger partial charge in [-0.3, -0.25) is 57.5 Å². The van der Waals surface area contributed by atoms with Gasteiger partial charge in [0.25, 0.3) is 5.91 Å². The summed E-state index contributed by atoms with van der Waals surface area (Å²) in [4.78, 5) is 181. The van der Waals surface area contributed by atoms with Gasteiger partial charge in [0.2, 0.25) is 65.0 Å². The average molecular weight is 1560 g/mol. The number of thioether (sulfide) groups is 2. The summed E-state index contributed by atoms with van der Waals surface area (Å²) in [5, 5.41) is 73.9. The van der Waals surface area contributed by atoms with Gasteiger partial charge in [-0.25, -0.2) is 4.98 Å². The van der Waals surface area contributed by atoms with Gasteiger partial charge in [0, 0.05) is 72.8 Å². The first-order valence-corrected chi connectivity index (χ1v) is 38.9. The Morgan fingerprint density at radius 1 is 0.664 bits per heavy atom. The van der Waals surface area contributed by atoms with Crippen LogP contribution in [0.1, 0.15) is 123 Å². The number of nitrogens with zero attached hydrogens (tertiary/aromatic N) is 2. The highest BCUT2D eigenvalue weighted by Gasteiger charge is 2.50. The SMILES string of the molecule is CC[C@]1(C)NC(=O)[C@H](Cc2c[nH]c3ncccc23)NC(=O)[C@H]([C@@H](C)O)NC(=O)[C@@H]2CCCN2C(=O)[C@H](Cc2ccc(O)cc2)NC(=O)C(C(C)(C)C)NC(=O)[C@@H](NC(C)=O)CSCc2cccc(c2)CSC[C@H](C(N)=O)NC(=O)[C@H]([C@@H](C)O)NC(=O)[C@@]2(C(C)C)C=C(N2)[C@H](Cc2ccc(O)cc2)NC(=O)[C@H](C)NC1=O. The summed E-state index contributed by atoms with van der Waals surface area (Å²) in [5.74, 6) is -9.69. The number of rotatable bonds is 12. The molecule has 4 bridgehead atoms. The van der Waals surface area contributed by atoms with Gasteiger partial charge in [0.05, 0.1) is 18.2 Å². The molecule has 18 N–H and O–H groups in total. The number of phenolic OH excluding ortho intramolecular Hbond substituents is 2. The Labute approximate surface area is 646 Å². The van der Waals surface area contributed by atoms with Crippen LogP contribution >= 0.6 is 23.5 Å². The first kappa shape index (κ1) is 85.4. The van der Waals surface area contributed by atoms with Crippen molar-refractivity contribution in [2.24, 2.45) is 17.1 Å². The molecule has 4 aliphatic rings. The minimum absolute atomic E-state index is 0.000491. The van der Waals surface area contributed by atoms with Crippen molar-refractivity contribution in [2.75, 3.05) is 18.1 Å². The number of hydrogen-bond acceptors (Lipinski definition) is 20. The second kappa shape index (κ2) is 37.4. The highest BCUT2D eigenvalue weighted by molar-refractivity contribution is 7.98. The van der Waals surface area contributed by atoms with E-state index in [2.05, 4.69) is 68.5 Å². The molecule has 6 heterocycles. The molecule has 3 aromatic carbocycles. The molecule has 0 aliphatic carbocycles. The molecule has 9 rings (SSSR count).